The van der Waals surface area contributed by atoms with Crippen LogP contribution < -0.4 is 0 Å². The molecule has 2 aromatic rings. The van der Waals surface area contributed by atoms with Gasteiger partial charge in [0.1, 0.15) is 0 Å². The predicted molar refractivity (Wildman–Crippen MR) is 260 cm³/mol. The molecule has 1 aliphatic heterocycles. The Balaban J connectivity index is 0.00000652. The third-order valence-corrected chi connectivity index (χ3v) is 11.5. The van der Waals surface area contributed by atoms with E-state index < -0.39 is 0 Å². The number of benzene rings is 2. The van der Waals surface area contributed by atoms with Crippen molar-refractivity contribution in [2.75, 3.05) is 0 Å². The summed E-state index contributed by atoms with van der Waals surface area (Å²) < 4.78 is 1.58. The van der Waals surface area contributed by atoms with Crippen LogP contribution in [0.15, 0.2) is 59.7 Å². The molecule has 0 aromatic heterocycles. The second kappa shape index (κ2) is 39.7. The topological polar surface area (TPSA) is 25.3 Å². The van der Waals surface area contributed by atoms with E-state index >= 15 is 0 Å². The zero-order chi connectivity index (χ0) is 42.5. The molecule has 0 aliphatic carbocycles. The normalized spacial score (nSPS) is 12.0. The predicted octanol–water partition coefficient (Wildman–Crippen LogP) is 18.6. The summed E-state index contributed by atoms with van der Waals surface area (Å²) in [5.74, 6) is 7.01. The van der Waals surface area contributed by atoms with Crippen molar-refractivity contribution in [3.05, 3.63) is 101 Å². The van der Waals surface area contributed by atoms with E-state index in [0.29, 0.717) is 0 Å². The minimum atomic E-state index is 0. The molecule has 0 atom stereocenters. The number of allylic oxidation sites excluding steroid dienone is 2. The maximum atomic E-state index is 12.2. The zero-order valence-corrected chi connectivity index (χ0v) is 40.4. The van der Waals surface area contributed by atoms with Gasteiger partial charge in [-0.1, -0.05) is 186 Å². The smallest absolute Gasteiger partial charge is 0.493 e. The molecule has 0 radical (unpaired) electrons. The first-order valence-electron chi connectivity index (χ1n) is 24.7. The van der Waals surface area contributed by atoms with E-state index in [1.165, 1.54) is 156 Å². The summed E-state index contributed by atoms with van der Waals surface area (Å²) in [5, 5.41) is 0. The van der Waals surface area contributed by atoms with Crippen LogP contribution in [0.5, 0.6) is 0 Å². The monoisotopic (exact) mass is 849 g/mol. The fourth-order valence-corrected chi connectivity index (χ4v) is 8.21. The summed E-state index contributed by atoms with van der Waals surface area (Å²) in [4.78, 5) is 0. The van der Waals surface area contributed by atoms with Crippen molar-refractivity contribution in [3.63, 3.8) is 0 Å². The van der Waals surface area contributed by atoms with Crippen molar-refractivity contribution < 1.29 is 21.2 Å². The molecule has 0 fully saturated rings. The van der Waals surface area contributed by atoms with Gasteiger partial charge in [0.25, 0.3) is 0 Å². The molecular formula is C56H90N2Ni. The summed E-state index contributed by atoms with van der Waals surface area (Å²) in [6.07, 6.45) is 37.8. The van der Waals surface area contributed by atoms with Gasteiger partial charge >= 0.3 is 16.5 Å². The van der Waals surface area contributed by atoms with E-state index in [1.54, 1.807) is 18.5 Å². The molecule has 0 bridgehead atoms. The molecule has 0 saturated heterocycles. The van der Waals surface area contributed by atoms with Gasteiger partial charge in [-0.2, -0.15) is 13.8 Å². The van der Waals surface area contributed by atoms with Crippen LogP contribution in [0.3, 0.4) is 0 Å². The molecule has 0 spiro atoms. The van der Waals surface area contributed by atoms with E-state index in [9.17, 15) is 5.53 Å². The standard InChI is InChI=1S/C52H80N2.2C2H5.Ni/c1-5-9-13-15-17-18-19-20-21-22-23-24-25-26-27-28-30-32-38-46-39-33-34-43-48(46)52-50(42-12-8-4)49(41-11-7-3)51(54(52)53)47-40-35-37-45(44-47)36-31-29-16-14-10-6-2;2*1-2;/h33-35,37,39-40,43-44H,5-27,29,31-32,36,38,41-42H2,1-4H3;2*1H2,2H3;/q;2*-1;+2. The van der Waals surface area contributed by atoms with Crippen LogP contribution in [0, 0.1) is 25.7 Å². The minimum absolute atomic E-state index is 0. The summed E-state index contributed by atoms with van der Waals surface area (Å²) in [6.45, 7) is 19.1. The minimum Gasteiger partial charge on any atom is -0.493 e. The molecule has 59 heavy (non-hydrogen) atoms. The van der Waals surface area contributed by atoms with E-state index in [2.05, 4.69) is 102 Å². The molecule has 3 heteroatoms. The number of hydrogen-bond acceptors (Lipinski definition) is 0. The van der Waals surface area contributed by atoms with E-state index in [-0.39, 0.29) is 16.5 Å². The van der Waals surface area contributed by atoms with Gasteiger partial charge in [0, 0.05) is 35.1 Å². The van der Waals surface area contributed by atoms with Gasteiger partial charge in [0.15, 0.2) is 0 Å². The second-order valence-corrected chi connectivity index (χ2v) is 16.2. The number of aryl methyl sites for hydroxylation is 2. The van der Waals surface area contributed by atoms with Crippen molar-refractivity contribution in [2.24, 2.45) is 0 Å². The zero-order valence-electron chi connectivity index (χ0n) is 39.5. The summed E-state index contributed by atoms with van der Waals surface area (Å²) in [5.41, 5.74) is 21.9. The van der Waals surface area contributed by atoms with Crippen molar-refractivity contribution in [3.8, 4) is 11.8 Å². The quantitative estimate of drug-likeness (QED) is 0.0237. The number of hydrogen-bond donors (Lipinski definition) is 0. The van der Waals surface area contributed by atoms with Gasteiger partial charge in [0.05, 0.1) is 0 Å². The molecule has 3 rings (SSSR count). The van der Waals surface area contributed by atoms with Crippen LogP contribution in [0.4, 0.5) is 0 Å². The molecule has 1 heterocycles. The number of nitrogens with zero attached hydrogens (tertiary/aromatic N) is 2. The molecule has 0 unspecified atom stereocenters. The van der Waals surface area contributed by atoms with Gasteiger partial charge in [-0.15, -0.1) is 11.8 Å². The van der Waals surface area contributed by atoms with Gasteiger partial charge in [0.2, 0.25) is 11.4 Å². The summed E-state index contributed by atoms with van der Waals surface area (Å²) in [6, 6.07) is 17.8. The van der Waals surface area contributed by atoms with Crippen LogP contribution in [-0.4, -0.2) is 4.70 Å². The Bertz CT molecular complexity index is 1450. The van der Waals surface area contributed by atoms with Gasteiger partial charge in [-0.25, -0.2) is 4.70 Å². The SMILES string of the molecule is CCCCCCCCCCCCCCCCC#CCCc1ccccc1C1=C(CCCC)C(CCCC)=C(c2cccc(CCCCCCCC)c2)[N+]1=[N-].[CH2-]C.[CH2-]C.[Ni+2]. The maximum Gasteiger partial charge on any atom is 2.00 e. The fraction of sp³-hybridized carbons (Fsp3) is 0.643. The molecule has 1 aliphatic rings. The van der Waals surface area contributed by atoms with Crippen LogP contribution in [-0.2, 0) is 29.3 Å². The van der Waals surface area contributed by atoms with Crippen LogP contribution in [0.25, 0.3) is 16.9 Å². The van der Waals surface area contributed by atoms with Crippen LogP contribution >= 0.6 is 0 Å². The van der Waals surface area contributed by atoms with Crippen LogP contribution in [0.2, 0.25) is 0 Å². The Labute approximate surface area is 378 Å². The van der Waals surface area contributed by atoms with E-state index in [4.69, 9.17) is 0 Å². The van der Waals surface area contributed by atoms with E-state index in [0.717, 1.165) is 81.2 Å². The first kappa shape index (κ1) is 56.6. The molecule has 2 aromatic carbocycles. The number of unbranched alkanes of at least 4 members (excludes halogenated alkanes) is 21. The maximum absolute atomic E-state index is 12.2. The van der Waals surface area contributed by atoms with Crippen molar-refractivity contribution >= 4 is 11.4 Å². The van der Waals surface area contributed by atoms with Gasteiger partial charge < -0.3 is 19.4 Å². The molecular weight excluding hydrogens is 759 g/mol. The largest absolute Gasteiger partial charge is 2.00 e. The molecule has 0 N–H and O–H groups in total. The molecule has 2 nitrogen and oxygen atoms in total. The van der Waals surface area contributed by atoms with Crippen molar-refractivity contribution in [2.45, 2.75) is 234 Å². The van der Waals surface area contributed by atoms with Gasteiger partial charge in [-0.3, -0.25) is 0 Å². The average Bonchev–Trinajstić information content (AvgIpc) is 3.54. The first-order valence-corrected chi connectivity index (χ1v) is 24.7. The Morgan fingerprint density at radius 3 is 1.46 bits per heavy atom. The van der Waals surface area contributed by atoms with Gasteiger partial charge in [-0.05, 0) is 80.7 Å². The van der Waals surface area contributed by atoms with E-state index in [1.807, 2.05) is 0 Å². The van der Waals surface area contributed by atoms with Crippen molar-refractivity contribution in [1.82, 2.24) is 0 Å². The van der Waals surface area contributed by atoms with Crippen LogP contribution in [0.1, 0.15) is 244 Å². The Hall–Kier alpha value is -2.43. The summed E-state index contributed by atoms with van der Waals surface area (Å²) >= 11 is 0. The summed E-state index contributed by atoms with van der Waals surface area (Å²) in [7, 11) is 0. The Morgan fingerprint density at radius 1 is 0.458 bits per heavy atom. The third kappa shape index (κ3) is 23.4. The fourth-order valence-electron chi connectivity index (χ4n) is 8.21. The molecule has 0 saturated carbocycles. The number of rotatable bonds is 31. The third-order valence-electron chi connectivity index (χ3n) is 11.5. The molecule has 334 valence electrons. The Kier molecular flexibility index (Phi) is 38.1. The van der Waals surface area contributed by atoms with Crippen molar-refractivity contribution in [1.29, 1.82) is 0 Å². The average molecular weight is 850 g/mol. The Morgan fingerprint density at radius 2 is 0.915 bits per heavy atom. The molecule has 0 amide bonds. The first-order chi connectivity index (χ1) is 28.7. The second-order valence-electron chi connectivity index (χ2n) is 16.2.